The van der Waals surface area contributed by atoms with Crippen LogP contribution < -0.4 is 4.90 Å². The fourth-order valence-electron chi connectivity index (χ4n) is 2.64. The van der Waals surface area contributed by atoms with Crippen LogP contribution in [0.15, 0.2) is 40.8 Å². The van der Waals surface area contributed by atoms with Gasteiger partial charge >= 0.3 is 5.97 Å². The van der Waals surface area contributed by atoms with E-state index in [2.05, 4.69) is 23.1 Å². The van der Waals surface area contributed by atoms with Crippen LogP contribution in [-0.2, 0) is 17.6 Å². The normalized spacial score (nSPS) is 14.1. The van der Waals surface area contributed by atoms with Crippen molar-refractivity contribution in [2.24, 2.45) is 0 Å². The Hall–Kier alpha value is -2.23. The number of aryl methyl sites for hydroxylation is 2. The standard InChI is InChI=1S/C16H17NO3/c18-16(19)10-8-13-7-9-15(20-13)17-11-3-5-12-4-1-2-6-14(12)17/h1-2,4,6-7,9H,3,5,8,10-11H2,(H,18,19). The van der Waals surface area contributed by atoms with Crippen molar-refractivity contribution in [3.63, 3.8) is 0 Å². The maximum Gasteiger partial charge on any atom is 0.303 e. The summed E-state index contributed by atoms with van der Waals surface area (Å²) in [4.78, 5) is 12.8. The van der Waals surface area contributed by atoms with Crippen LogP contribution in [0.3, 0.4) is 0 Å². The molecule has 0 atom stereocenters. The van der Waals surface area contributed by atoms with E-state index < -0.39 is 5.97 Å². The summed E-state index contributed by atoms with van der Waals surface area (Å²) in [6.07, 6.45) is 2.73. The number of fused-ring (bicyclic) bond motifs is 1. The fourth-order valence-corrected chi connectivity index (χ4v) is 2.64. The molecule has 20 heavy (non-hydrogen) atoms. The highest BCUT2D eigenvalue weighted by atomic mass is 16.4. The summed E-state index contributed by atoms with van der Waals surface area (Å²) in [5.41, 5.74) is 2.53. The zero-order valence-corrected chi connectivity index (χ0v) is 11.2. The topological polar surface area (TPSA) is 53.7 Å². The predicted molar refractivity (Wildman–Crippen MR) is 76.4 cm³/mol. The minimum Gasteiger partial charge on any atom is -0.481 e. The summed E-state index contributed by atoms with van der Waals surface area (Å²) in [5, 5.41) is 8.71. The molecule has 0 unspecified atom stereocenters. The lowest BCUT2D eigenvalue weighted by atomic mass is 10.0. The Morgan fingerprint density at radius 1 is 1.25 bits per heavy atom. The van der Waals surface area contributed by atoms with Gasteiger partial charge in [0, 0.05) is 24.7 Å². The molecule has 3 rings (SSSR count). The Morgan fingerprint density at radius 3 is 2.95 bits per heavy atom. The van der Waals surface area contributed by atoms with Gasteiger partial charge in [-0.25, -0.2) is 0 Å². The summed E-state index contributed by atoms with van der Waals surface area (Å²) < 4.78 is 5.79. The number of carbonyl (C=O) groups is 1. The largest absolute Gasteiger partial charge is 0.481 e. The number of furan rings is 1. The molecule has 0 bridgehead atoms. The van der Waals surface area contributed by atoms with Gasteiger partial charge < -0.3 is 14.4 Å². The third kappa shape index (κ3) is 2.54. The van der Waals surface area contributed by atoms with Crippen molar-refractivity contribution in [2.75, 3.05) is 11.4 Å². The predicted octanol–water partition coefficient (Wildman–Crippen LogP) is 3.38. The molecule has 1 aliphatic rings. The maximum absolute atomic E-state index is 10.6. The second-order valence-electron chi connectivity index (χ2n) is 5.02. The lowest BCUT2D eigenvalue weighted by Gasteiger charge is -2.29. The molecule has 0 saturated carbocycles. The SMILES string of the molecule is O=C(O)CCc1ccc(N2CCCc3ccccc32)o1. The average Bonchev–Trinajstić information content (AvgIpc) is 2.93. The van der Waals surface area contributed by atoms with Crippen molar-refractivity contribution in [3.05, 3.63) is 47.7 Å². The van der Waals surface area contributed by atoms with Crippen LogP contribution >= 0.6 is 0 Å². The van der Waals surface area contributed by atoms with Crippen molar-refractivity contribution in [1.29, 1.82) is 0 Å². The van der Waals surface area contributed by atoms with Crippen LogP contribution in [-0.4, -0.2) is 17.6 Å². The van der Waals surface area contributed by atoms with E-state index in [4.69, 9.17) is 9.52 Å². The summed E-state index contributed by atoms with van der Waals surface area (Å²) in [7, 11) is 0. The number of carboxylic acid groups (broad SMARTS) is 1. The summed E-state index contributed by atoms with van der Waals surface area (Å²) in [6.45, 7) is 0.933. The lowest BCUT2D eigenvalue weighted by molar-refractivity contribution is -0.137. The van der Waals surface area contributed by atoms with Crippen LogP contribution in [0, 0.1) is 0 Å². The first-order chi connectivity index (χ1) is 9.74. The van der Waals surface area contributed by atoms with Crippen LogP contribution in [0.25, 0.3) is 0 Å². The maximum atomic E-state index is 10.6. The quantitative estimate of drug-likeness (QED) is 0.926. The molecule has 0 amide bonds. The zero-order valence-electron chi connectivity index (χ0n) is 11.2. The van der Waals surface area contributed by atoms with Crippen LogP contribution in [0.5, 0.6) is 0 Å². The molecular formula is C16H17NO3. The van der Waals surface area contributed by atoms with Gasteiger partial charge in [0.15, 0.2) is 5.88 Å². The molecule has 1 aromatic carbocycles. The highest BCUT2D eigenvalue weighted by molar-refractivity contribution is 5.67. The first kappa shape index (κ1) is 12.8. The molecule has 0 aliphatic carbocycles. The van der Waals surface area contributed by atoms with E-state index in [0.29, 0.717) is 6.42 Å². The third-order valence-electron chi connectivity index (χ3n) is 3.61. The highest BCUT2D eigenvalue weighted by Gasteiger charge is 2.20. The Bertz CT molecular complexity index is 618. The Balaban J connectivity index is 1.82. The van der Waals surface area contributed by atoms with Crippen LogP contribution in [0.2, 0.25) is 0 Å². The molecule has 1 N–H and O–H groups in total. The number of aliphatic carboxylic acids is 1. The van der Waals surface area contributed by atoms with E-state index in [0.717, 1.165) is 31.0 Å². The first-order valence-corrected chi connectivity index (χ1v) is 6.90. The van der Waals surface area contributed by atoms with Gasteiger partial charge in [0.05, 0.1) is 6.42 Å². The number of benzene rings is 1. The second kappa shape index (κ2) is 5.41. The Morgan fingerprint density at radius 2 is 2.10 bits per heavy atom. The molecule has 4 nitrogen and oxygen atoms in total. The van der Waals surface area contributed by atoms with E-state index in [1.165, 1.54) is 11.3 Å². The lowest BCUT2D eigenvalue weighted by Crippen LogP contribution is -2.23. The molecule has 1 aliphatic heterocycles. The number of hydrogen-bond donors (Lipinski definition) is 1. The molecule has 1 aromatic heterocycles. The molecule has 2 aromatic rings. The van der Waals surface area contributed by atoms with Gasteiger partial charge in [0.2, 0.25) is 0 Å². The van der Waals surface area contributed by atoms with E-state index in [1.807, 2.05) is 18.2 Å². The van der Waals surface area contributed by atoms with Crippen molar-refractivity contribution >= 4 is 17.5 Å². The van der Waals surface area contributed by atoms with Crippen molar-refractivity contribution in [2.45, 2.75) is 25.7 Å². The molecule has 0 fully saturated rings. The van der Waals surface area contributed by atoms with Crippen LogP contribution in [0.4, 0.5) is 11.6 Å². The van der Waals surface area contributed by atoms with Gasteiger partial charge in [0.25, 0.3) is 0 Å². The number of para-hydroxylation sites is 1. The Kier molecular flexibility index (Phi) is 3.46. The van der Waals surface area contributed by atoms with Crippen molar-refractivity contribution < 1.29 is 14.3 Å². The third-order valence-corrected chi connectivity index (χ3v) is 3.61. The minimum absolute atomic E-state index is 0.101. The average molecular weight is 271 g/mol. The highest BCUT2D eigenvalue weighted by Crippen LogP contribution is 2.34. The molecule has 0 spiro atoms. The van der Waals surface area contributed by atoms with E-state index >= 15 is 0 Å². The molecule has 4 heteroatoms. The molecule has 0 saturated heterocycles. The number of nitrogens with zero attached hydrogens (tertiary/aromatic N) is 1. The van der Waals surface area contributed by atoms with E-state index in [9.17, 15) is 4.79 Å². The molecular weight excluding hydrogens is 254 g/mol. The summed E-state index contributed by atoms with van der Waals surface area (Å²) in [5.74, 6) is 0.731. The number of anilines is 2. The van der Waals surface area contributed by atoms with Gasteiger partial charge in [0.1, 0.15) is 5.76 Å². The van der Waals surface area contributed by atoms with E-state index in [-0.39, 0.29) is 6.42 Å². The number of hydrogen-bond acceptors (Lipinski definition) is 3. The van der Waals surface area contributed by atoms with Gasteiger partial charge in [-0.1, -0.05) is 18.2 Å². The minimum atomic E-state index is -0.800. The number of carboxylic acids is 1. The molecule has 0 radical (unpaired) electrons. The Labute approximate surface area is 117 Å². The monoisotopic (exact) mass is 271 g/mol. The molecule has 104 valence electrons. The molecule has 2 heterocycles. The van der Waals surface area contributed by atoms with Gasteiger partial charge in [-0.05, 0) is 30.5 Å². The van der Waals surface area contributed by atoms with Gasteiger partial charge in [-0.15, -0.1) is 0 Å². The number of rotatable bonds is 4. The van der Waals surface area contributed by atoms with Crippen LogP contribution in [0.1, 0.15) is 24.2 Å². The summed E-state index contributed by atoms with van der Waals surface area (Å²) in [6, 6.07) is 12.1. The van der Waals surface area contributed by atoms with Crippen molar-refractivity contribution in [1.82, 2.24) is 0 Å². The first-order valence-electron chi connectivity index (χ1n) is 6.90. The van der Waals surface area contributed by atoms with Gasteiger partial charge in [-0.3, -0.25) is 4.79 Å². The van der Waals surface area contributed by atoms with E-state index in [1.54, 1.807) is 0 Å². The fraction of sp³-hybridized carbons (Fsp3) is 0.312. The smallest absolute Gasteiger partial charge is 0.303 e. The zero-order chi connectivity index (χ0) is 13.9. The van der Waals surface area contributed by atoms with Crippen molar-refractivity contribution in [3.8, 4) is 0 Å². The summed E-state index contributed by atoms with van der Waals surface area (Å²) >= 11 is 0. The second-order valence-corrected chi connectivity index (χ2v) is 5.02. The van der Waals surface area contributed by atoms with Gasteiger partial charge in [-0.2, -0.15) is 0 Å².